The number of halogens is 1. The third-order valence-corrected chi connectivity index (χ3v) is 7.34. The van der Waals surface area contributed by atoms with Gasteiger partial charge in [-0.05, 0) is 43.5 Å². The summed E-state index contributed by atoms with van der Waals surface area (Å²) in [6, 6.07) is 4.93. The highest BCUT2D eigenvalue weighted by Crippen LogP contribution is 2.29. The van der Waals surface area contributed by atoms with Crippen LogP contribution in [0.2, 0.25) is 0 Å². The molecule has 156 valence electrons. The summed E-state index contributed by atoms with van der Waals surface area (Å²) in [5.41, 5.74) is 0.421. The van der Waals surface area contributed by atoms with E-state index in [1.807, 2.05) is 0 Å². The minimum absolute atomic E-state index is 0.00124. The first-order valence-electron chi connectivity index (χ1n) is 9.68. The molecule has 4 rings (SSSR count). The first-order valence-corrected chi connectivity index (χ1v) is 11.5. The monoisotopic (exact) mass is 423 g/mol. The molecule has 1 amide bonds. The van der Waals surface area contributed by atoms with Crippen LogP contribution in [-0.2, 0) is 21.2 Å². The molecular weight excluding hydrogens is 401 g/mol. The Morgan fingerprint density at radius 3 is 2.48 bits per heavy atom. The lowest BCUT2D eigenvalue weighted by Gasteiger charge is -2.33. The lowest BCUT2D eigenvalue weighted by atomic mass is 10.1. The number of rotatable bonds is 5. The molecule has 2 heterocycles. The third kappa shape index (κ3) is 4.26. The maximum absolute atomic E-state index is 13.1. The van der Waals surface area contributed by atoms with E-state index in [1.54, 1.807) is 4.90 Å². The molecule has 2 aromatic rings. The van der Waals surface area contributed by atoms with Crippen molar-refractivity contribution in [3.63, 3.8) is 0 Å². The summed E-state index contributed by atoms with van der Waals surface area (Å²) in [4.78, 5) is 26.9. The Hall–Kier alpha value is -2.49. The zero-order valence-electron chi connectivity index (χ0n) is 15.8. The molecule has 2 aliphatic rings. The van der Waals surface area contributed by atoms with Crippen LogP contribution >= 0.6 is 0 Å². The Labute approximate surface area is 167 Å². The van der Waals surface area contributed by atoms with E-state index in [-0.39, 0.29) is 41.9 Å². The van der Waals surface area contributed by atoms with E-state index in [4.69, 9.17) is 4.42 Å². The lowest BCUT2D eigenvalue weighted by Crippen LogP contribution is -2.48. The van der Waals surface area contributed by atoms with Gasteiger partial charge in [0.05, 0.1) is 11.5 Å². The molecule has 1 saturated heterocycles. The SMILES string of the molecule is O=C(Cn1nc(-c2ccc(F)cc2)oc1=O)N(C1CCCC1)C1CCS(=O)(=O)C1. The van der Waals surface area contributed by atoms with Crippen molar-refractivity contribution < 1.29 is 22.0 Å². The molecule has 1 unspecified atom stereocenters. The van der Waals surface area contributed by atoms with Crippen molar-refractivity contribution in [3.8, 4) is 11.5 Å². The summed E-state index contributed by atoms with van der Waals surface area (Å²) >= 11 is 0. The second kappa shape index (κ2) is 7.74. The minimum Gasteiger partial charge on any atom is -0.388 e. The fraction of sp³-hybridized carbons (Fsp3) is 0.526. The van der Waals surface area contributed by atoms with Crippen molar-refractivity contribution >= 4 is 15.7 Å². The third-order valence-electron chi connectivity index (χ3n) is 5.59. The van der Waals surface area contributed by atoms with E-state index in [9.17, 15) is 22.4 Å². The number of benzene rings is 1. The molecule has 29 heavy (non-hydrogen) atoms. The van der Waals surface area contributed by atoms with Crippen molar-refractivity contribution in [2.45, 2.75) is 50.7 Å². The zero-order valence-corrected chi connectivity index (χ0v) is 16.6. The molecule has 1 aromatic heterocycles. The normalized spacial score (nSPS) is 21.5. The van der Waals surface area contributed by atoms with Crippen molar-refractivity contribution in [1.29, 1.82) is 0 Å². The Morgan fingerprint density at radius 1 is 1.17 bits per heavy atom. The van der Waals surface area contributed by atoms with Gasteiger partial charge in [-0.2, -0.15) is 4.68 Å². The number of carbonyl (C=O) groups excluding carboxylic acids is 1. The molecule has 10 heteroatoms. The largest absolute Gasteiger partial charge is 0.437 e. The fourth-order valence-corrected chi connectivity index (χ4v) is 5.92. The van der Waals surface area contributed by atoms with E-state index in [0.29, 0.717) is 12.0 Å². The molecule has 0 N–H and O–H groups in total. The van der Waals surface area contributed by atoms with Gasteiger partial charge in [-0.1, -0.05) is 12.8 Å². The molecular formula is C19H22FN3O5S. The van der Waals surface area contributed by atoms with Gasteiger partial charge in [-0.3, -0.25) is 4.79 Å². The molecule has 1 atom stereocenters. The second-order valence-electron chi connectivity index (χ2n) is 7.63. The maximum Gasteiger partial charge on any atom is 0.437 e. The number of hydrogen-bond acceptors (Lipinski definition) is 6. The van der Waals surface area contributed by atoms with Crippen LogP contribution in [0.4, 0.5) is 4.39 Å². The van der Waals surface area contributed by atoms with Gasteiger partial charge >= 0.3 is 5.76 Å². The van der Waals surface area contributed by atoms with E-state index in [2.05, 4.69) is 5.10 Å². The van der Waals surface area contributed by atoms with Gasteiger partial charge in [0.25, 0.3) is 0 Å². The summed E-state index contributed by atoms with van der Waals surface area (Å²) in [6.07, 6.45) is 4.06. The predicted octanol–water partition coefficient (Wildman–Crippen LogP) is 1.60. The smallest absolute Gasteiger partial charge is 0.388 e. The average molecular weight is 423 g/mol. The minimum atomic E-state index is -3.15. The first kappa shape index (κ1) is 19.8. The van der Waals surface area contributed by atoms with Gasteiger partial charge in [0, 0.05) is 17.6 Å². The highest BCUT2D eigenvalue weighted by molar-refractivity contribution is 7.91. The van der Waals surface area contributed by atoms with E-state index in [1.165, 1.54) is 24.3 Å². The molecule has 0 bridgehead atoms. The Balaban J connectivity index is 1.56. The van der Waals surface area contributed by atoms with Crippen LogP contribution in [0.15, 0.2) is 33.5 Å². The standard InChI is InChI=1S/C19H22FN3O5S/c20-14-7-5-13(6-8-14)18-21-22(19(25)28-18)11-17(24)23(15-3-1-2-4-15)16-9-10-29(26,27)12-16/h5-8,15-16H,1-4,9-12H2. The average Bonchev–Trinajstić information content (AvgIpc) is 3.38. The van der Waals surface area contributed by atoms with Gasteiger partial charge in [0.15, 0.2) is 9.84 Å². The quantitative estimate of drug-likeness (QED) is 0.724. The van der Waals surface area contributed by atoms with Gasteiger partial charge in [-0.25, -0.2) is 17.6 Å². The van der Waals surface area contributed by atoms with Gasteiger partial charge < -0.3 is 9.32 Å². The molecule has 1 aliphatic heterocycles. The van der Waals surface area contributed by atoms with Crippen LogP contribution in [0.25, 0.3) is 11.5 Å². The Kier molecular flexibility index (Phi) is 5.28. The van der Waals surface area contributed by atoms with Crippen molar-refractivity contribution in [2.75, 3.05) is 11.5 Å². The van der Waals surface area contributed by atoms with Crippen molar-refractivity contribution in [3.05, 3.63) is 40.6 Å². The van der Waals surface area contributed by atoms with Crippen LogP contribution in [-0.4, -0.2) is 52.6 Å². The Bertz CT molecular complexity index is 1050. The van der Waals surface area contributed by atoms with Crippen LogP contribution in [0.1, 0.15) is 32.1 Å². The van der Waals surface area contributed by atoms with Crippen LogP contribution in [0, 0.1) is 5.82 Å². The summed E-state index contributed by atoms with van der Waals surface area (Å²) in [7, 11) is -3.15. The molecule has 1 aromatic carbocycles. The van der Waals surface area contributed by atoms with E-state index in [0.717, 1.165) is 30.4 Å². The van der Waals surface area contributed by atoms with Crippen molar-refractivity contribution in [2.24, 2.45) is 0 Å². The highest BCUT2D eigenvalue weighted by atomic mass is 32.2. The number of nitrogens with zero attached hydrogens (tertiary/aromatic N) is 3. The molecule has 2 fully saturated rings. The topological polar surface area (TPSA) is 102 Å². The van der Waals surface area contributed by atoms with Crippen LogP contribution in [0.3, 0.4) is 0 Å². The summed E-state index contributed by atoms with van der Waals surface area (Å²) < 4.78 is 43.0. The van der Waals surface area contributed by atoms with Gasteiger partial charge in [0.2, 0.25) is 11.8 Å². The molecule has 0 spiro atoms. The summed E-state index contributed by atoms with van der Waals surface area (Å²) in [6.45, 7) is -0.323. The highest BCUT2D eigenvalue weighted by Gasteiger charge is 2.39. The number of hydrogen-bond donors (Lipinski definition) is 0. The molecule has 0 radical (unpaired) electrons. The fourth-order valence-electron chi connectivity index (χ4n) is 4.21. The number of amides is 1. The number of carbonyl (C=O) groups is 1. The second-order valence-corrected chi connectivity index (χ2v) is 9.86. The maximum atomic E-state index is 13.1. The van der Waals surface area contributed by atoms with Crippen LogP contribution < -0.4 is 5.76 Å². The predicted molar refractivity (Wildman–Crippen MR) is 102 cm³/mol. The van der Waals surface area contributed by atoms with Crippen molar-refractivity contribution in [1.82, 2.24) is 14.7 Å². The summed E-state index contributed by atoms with van der Waals surface area (Å²) in [5.74, 6) is -1.51. The molecule has 1 aliphatic carbocycles. The molecule has 1 saturated carbocycles. The lowest BCUT2D eigenvalue weighted by molar-refractivity contribution is -0.136. The van der Waals surface area contributed by atoms with E-state index >= 15 is 0 Å². The number of sulfone groups is 1. The van der Waals surface area contributed by atoms with Crippen LogP contribution in [0.5, 0.6) is 0 Å². The summed E-state index contributed by atoms with van der Waals surface area (Å²) in [5, 5.41) is 4.06. The first-order chi connectivity index (χ1) is 13.8. The van der Waals surface area contributed by atoms with Gasteiger partial charge in [0.1, 0.15) is 12.4 Å². The number of aromatic nitrogens is 2. The van der Waals surface area contributed by atoms with Gasteiger partial charge in [-0.15, -0.1) is 5.10 Å². The Morgan fingerprint density at radius 2 is 1.86 bits per heavy atom. The zero-order chi connectivity index (χ0) is 20.6. The molecule has 8 nitrogen and oxygen atoms in total. The van der Waals surface area contributed by atoms with E-state index < -0.39 is 21.4 Å².